The van der Waals surface area contributed by atoms with Gasteiger partial charge in [0.2, 0.25) is 0 Å². The molecule has 0 aliphatic rings. The Morgan fingerprint density at radius 1 is 1.39 bits per heavy atom. The van der Waals surface area contributed by atoms with Crippen LogP contribution < -0.4 is 10.5 Å². The number of amidine groups is 1. The lowest BCUT2D eigenvalue weighted by atomic mass is 10.2. The van der Waals surface area contributed by atoms with Gasteiger partial charge in [0, 0.05) is 10.7 Å². The van der Waals surface area contributed by atoms with Crippen molar-refractivity contribution in [2.24, 2.45) is 5.73 Å². The van der Waals surface area contributed by atoms with Crippen molar-refractivity contribution < 1.29 is 4.74 Å². The molecule has 0 bridgehead atoms. The molecule has 2 aromatic rings. The molecule has 1 aromatic carbocycles. The highest BCUT2D eigenvalue weighted by Crippen LogP contribution is 2.27. The predicted octanol–water partition coefficient (Wildman–Crippen LogP) is 3.23. The van der Waals surface area contributed by atoms with Gasteiger partial charge in [0.05, 0.1) is 0 Å². The van der Waals surface area contributed by atoms with Gasteiger partial charge in [-0.3, -0.25) is 5.41 Å². The first kappa shape index (κ1) is 12.6. The van der Waals surface area contributed by atoms with Crippen LogP contribution in [0.25, 0.3) is 0 Å². The van der Waals surface area contributed by atoms with Gasteiger partial charge in [-0.15, -0.1) is 0 Å². The van der Waals surface area contributed by atoms with Crippen LogP contribution in [0.3, 0.4) is 0 Å². The van der Waals surface area contributed by atoms with Crippen LogP contribution in [0.5, 0.6) is 11.5 Å². The van der Waals surface area contributed by atoms with E-state index in [1.807, 2.05) is 25.1 Å². The van der Waals surface area contributed by atoms with Gasteiger partial charge in [-0.1, -0.05) is 15.9 Å². The quantitative estimate of drug-likeness (QED) is 0.675. The molecule has 0 unspecified atom stereocenters. The Kier molecular flexibility index (Phi) is 3.62. The van der Waals surface area contributed by atoms with E-state index in [-0.39, 0.29) is 5.84 Å². The molecule has 0 fully saturated rings. The normalized spacial score (nSPS) is 10.1. The summed E-state index contributed by atoms with van der Waals surface area (Å²) in [5.41, 5.74) is 6.87. The molecular formula is C13H12BrN3O. The molecule has 2 rings (SSSR count). The Labute approximate surface area is 113 Å². The average molecular weight is 306 g/mol. The summed E-state index contributed by atoms with van der Waals surface area (Å²) in [6.07, 6.45) is 1.58. The third kappa shape index (κ3) is 2.68. The highest BCUT2D eigenvalue weighted by molar-refractivity contribution is 9.10. The zero-order valence-electron chi connectivity index (χ0n) is 9.77. The number of aromatic nitrogens is 1. The molecule has 1 heterocycles. The number of nitrogens with one attached hydrogen (secondary N) is 1. The van der Waals surface area contributed by atoms with E-state index >= 15 is 0 Å². The van der Waals surface area contributed by atoms with E-state index in [1.165, 1.54) is 0 Å². The number of halogens is 1. The second-order valence-corrected chi connectivity index (χ2v) is 4.63. The number of aryl methyl sites for hydroxylation is 1. The number of hydrogen-bond donors (Lipinski definition) is 2. The molecule has 0 amide bonds. The van der Waals surface area contributed by atoms with Crippen LogP contribution in [0.15, 0.2) is 41.0 Å². The van der Waals surface area contributed by atoms with Crippen molar-refractivity contribution in [3.05, 3.63) is 52.3 Å². The maximum absolute atomic E-state index is 7.45. The summed E-state index contributed by atoms with van der Waals surface area (Å²) in [5, 5.41) is 7.45. The number of nitrogens with two attached hydrogens (primary N) is 1. The molecule has 4 nitrogen and oxygen atoms in total. The minimum Gasteiger partial charge on any atom is -0.455 e. The molecule has 0 saturated heterocycles. The van der Waals surface area contributed by atoms with Gasteiger partial charge in [0.1, 0.15) is 17.3 Å². The Morgan fingerprint density at radius 2 is 2.17 bits per heavy atom. The van der Waals surface area contributed by atoms with Gasteiger partial charge in [-0.2, -0.15) is 0 Å². The van der Waals surface area contributed by atoms with Gasteiger partial charge >= 0.3 is 0 Å². The van der Waals surface area contributed by atoms with E-state index in [4.69, 9.17) is 15.9 Å². The van der Waals surface area contributed by atoms with Gasteiger partial charge in [0.25, 0.3) is 0 Å². The SMILES string of the molecule is Cc1cc(Oc2cccnc2C(=N)N)ccc1Br. The second-order valence-electron chi connectivity index (χ2n) is 3.78. The molecule has 0 spiro atoms. The highest BCUT2D eigenvalue weighted by atomic mass is 79.9. The van der Waals surface area contributed by atoms with E-state index in [9.17, 15) is 0 Å². The van der Waals surface area contributed by atoms with Gasteiger partial charge in [-0.05, 0) is 42.8 Å². The first-order valence-electron chi connectivity index (χ1n) is 5.31. The fraction of sp³-hybridized carbons (Fsp3) is 0.0769. The van der Waals surface area contributed by atoms with Crippen LogP contribution in [0.1, 0.15) is 11.3 Å². The Morgan fingerprint density at radius 3 is 2.83 bits per heavy atom. The summed E-state index contributed by atoms with van der Waals surface area (Å²) < 4.78 is 6.72. The number of nitrogen functional groups attached to an aromatic ring is 1. The molecule has 0 aliphatic heterocycles. The maximum Gasteiger partial charge on any atom is 0.156 e. The largest absolute Gasteiger partial charge is 0.455 e. The van der Waals surface area contributed by atoms with Crippen LogP contribution in [0.4, 0.5) is 0 Å². The van der Waals surface area contributed by atoms with Crippen molar-refractivity contribution in [1.29, 1.82) is 5.41 Å². The monoisotopic (exact) mass is 305 g/mol. The van der Waals surface area contributed by atoms with Crippen LogP contribution in [-0.2, 0) is 0 Å². The molecule has 0 radical (unpaired) electrons. The fourth-order valence-corrected chi connectivity index (χ4v) is 1.73. The molecule has 0 saturated carbocycles. The number of benzene rings is 1. The molecule has 5 heteroatoms. The molecule has 18 heavy (non-hydrogen) atoms. The van der Waals surface area contributed by atoms with E-state index in [1.54, 1.807) is 18.3 Å². The number of rotatable bonds is 3. The lowest BCUT2D eigenvalue weighted by Crippen LogP contribution is -2.14. The zero-order valence-corrected chi connectivity index (χ0v) is 11.4. The van der Waals surface area contributed by atoms with E-state index in [0.717, 1.165) is 10.0 Å². The molecular weight excluding hydrogens is 294 g/mol. The summed E-state index contributed by atoms with van der Waals surface area (Å²) >= 11 is 3.43. The topological polar surface area (TPSA) is 72.0 Å². The van der Waals surface area contributed by atoms with Crippen LogP contribution >= 0.6 is 15.9 Å². The molecule has 1 aromatic heterocycles. The van der Waals surface area contributed by atoms with Crippen LogP contribution in [0, 0.1) is 12.3 Å². The van der Waals surface area contributed by atoms with E-state index < -0.39 is 0 Å². The standard InChI is InChI=1S/C13H12BrN3O/c1-8-7-9(4-5-10(8)14)18-11-3-2-6-17-12(11)13(15)16/h2-7H,1H3,(H3,15,16). The Balaban J connectivity index is 2.34. The maximum atomic E-state index is 7.45. The Hall–Kier alpha value is -1.88. The fourth-order valence-electron chi connectivity index (χ4n) is 1.48. The average Bonchev–Trinajstić information content (AvgIpc) is 2.34. The van der Waals surface area contributed by atoms with Gasteiger partial charge < -0.3 is 10.5 Å². The number of pyridine rings is 1. The summed E-state index contributed by atoms with van der Waals surface area (Å²) in [6, 6.07) is 9.14. The Bertz CT molecular complexity index is 599. The van der Waals surface area contributed by atoms with E-state index in [0.29, 0.717) is 17.2 Å². The van der Waals surface area contributed by atoms with Gasteiger partial charge in [-0.25, -0.2) is 4.98 Å². The predicted molar refractivity (Wildman–Crippen MR) is 74.2 cm³/mol. The smallest absolute Gasteiger partial charge is 0.156 e. The highest BCUT2D eigenvalue weighted by Gasteiger charge is 2.08. The van der Waals surface area contributed by atoms with Crippen LogP contribution in [-0.4, -0.2) is 10.8 Å². The van der Waals surface area contributed by atoms with Crippen molar-refractivity contribution >= 4 is 21.8 Å². The number of nitrogens with zero attached hydrogens (tertiary/aromatic N) is 1. The minimum atomic E-state index is -0.112. The second kappa shape index (κ2) is 5.18. The van der Waals surface area contributed by atoms with Crippen LogP contribution in [0.2, 0.25) is 0 Å². The number of ether oxygens (including phenoxy) is 1. The number of hydrogen-bond acceptors (Lipinski definition) is 3. The summed E-state index contributed by atoms with van der Waals surface area (Å²) in [7, 11) is 0. The summed E-state index contributed by atoms with van der Waals surface area (Å²) in [4.78, 5) is 4.03. The first-order valence-corrected chi connectivity index (χ1v) is 6.10. The van der Waals surface area contributed by atoms with E-state index in [2.05, 4.69) is 20.9 Å². The lowest BCUT2D eigenvalue weighted by molar-refractivity contribution is 0.478. The third-order valence-electron chi connectivity index (χ3n) is 2.38. The molecule has 0 atom stereocenters. The van der Waals surface area contributed by atoms with Crippen molar-refractivity contribution in [3.8, 4) is 11.5 Å². The van der Waals surface area contributed by atoms with Gasteiger partial charge in [0.15, 0.2) is 5.75 Å². The molecule has 3 N–H and O–H groups in total. The minimum absolute atomic E-state index is 0.112. The van der Waals surface area contributed by atoms with Crippen molar-refractivity contribution in [2.45, 2.75) is 6.92 Å². The zero-order chi connectivity index (χ0) is 13.1. The first-order chi connectivity index (χ1) is 8.58. The molecule has 0 aliphatic carbocycles. The van der Waals surface area contributed by atoms with Crippen molar-refractivity contribution in [3.63, 3.8) is 0 Å². The third-order valence-corrected chi connectivity index (χ3v) is 3.27. The van der Waals surface area contributed by atoms with Crippen molar-refractivity contribution in [1.82, 2.24) is 4.98 Å². The summed E-state index contributed by atoms with van der Waals surface area (Å²) in [5.74, 6) is 1.05. The molecule has 92 valence electrons. The summed E-state index contributed by atoms with van der Waals surface area (Å²) in [6.45, 7) is 1.98. The lowest BCUT2D eigenvalue weighted by Gasteiger charge is -2.10. The van der Waals surface area contributed by atoms with Crippen molar-refractivity contribution in [2.75, 3.05) is 0 Å².